The summed E-state index contributed by atoms with van der Waals surface area (Å²) < 4.78 is 5.28. The van der Waals surface area contributed by atoms with Crippen LogP contribution in [0.25, 0.3) is 0 Å². The van der Waals surface area contributed by atoms with Gasteiger partial charge in [-0.25, -0.2) is 0 Å². The van der Waals surface area contributed by atoms with Crippen LogP contribution in [0.1, 0.15) is 20.8 Å². The van der Waals surface area contributed by atoms with Crippen molar-refractivity contribution in [2.24, 2.45) is 11.7 Å². The zero-order chi connectivity index (χ0) is 10.6. The topological polar surface area (TPSA) is 64.3 Å². The van der Waals surface area contributed by atoms with Crippen molar-refractivity contribution in [1.29, 1.82) is 0 Å². The van der Waals surface area contributed by atoms with Crippen molar-refractivity contribution in [3.05, 3.63) is 0 Å². The van der Waals surface area contributed by atoms with Gasteiger partial charge in [-0.3, -0.25) is 4.79 Å². The molecule has 1 amide bonds. The van der Waals surface area contributed by atoms with E-state index in [1.54, 1.807) is 14.2 Å². The first kappa shape index (κ1) is 12.4. The highest BCUT2D eigenvalue weighted by molar-refractivity contribution is 5.80. The minimum atomic E-state index is -0.358. The van der Waals surface area contributed by atoms with Gasteiger partial charge in [-0.05, 0) is 20.9 Å². The summed E-state index contributed by atoms with van der Waals surface area (Å²) >= 11 is 0. The molecule has 0 saturated carbocycles. The molecule has 4 nitrogen and oxygen atoms in total. The van der Waals surface area contributed by atoms with Gasteiger partial charge in [-0.15, -0.1) is 0 Å². The first-order valence-corrected chi connectivity index (χ1v) is 4.38. The van der Waals surface area contributed by atoms with Crippen LogP contribution in [-0.2, 0) is 9.53 Å². The van der Waals surface area contributed by atoms with E-state index in [4.69, 9.17) is 10.5 Å². The van der Waals surface area contributed by atoms with Gasteiger partial charge in [0.15, 0.2) is 0 Å². The second-order valence-corrected chi connectivity index (χ2v) is 3.76. The van der Waals surface area contributed by atoms with E-state index in [2.05, 4.69) is 5.32 Å². The molecule has 0 rings (SSSR count). The Balaban J connectivity index is 4.54. The van der Waals surface area contributed by atoms with Crippen molar-refractivity contribution >= 4 is 5.91 Å². The summed E-state index contributed by atoms with van der Waals surface area (Å²) in [6.45, 7) is 5.81. The van der Waals surface area contributed by atoms with Crippen LogP contribution in [0.15, 0.2) is 0 Å². The van der Waals surface area contributed by atoms with Gasteiger partial charge in [0.05, 0.1) is 11.6 Å². The van der Waals surface area contributed by atoms with Gasteiger partial charge >= 0.3 is 0 Å². The predicted molar refractivity (Wildman–Crippen MR) is 52.3 cm³/mol. The molecule has 0 heterocycles. The van der Waals surface area contributed by atoms with Crippen LogP contribution in [0.4, 0.5) is 0 Å². The van der Waals surface area contributed by atoms with Gasteiger partial charge in [0.1, 0.15) is 0 Å². The van der Waals surface area contributed by atoms with E-state index in [0.717, 1.165) is 0 Å². The van der Waals surface area contributed by atoms with Crippen LogP contribution in [-0.4, -0.2) is 31.7 Å². The summed E-state index contributed by atoms with van der Waals surface area (Å²) in [7, 11) is 3.35. The number of primary amides is 1. The summed E-state index contributed by atoms with van der Waals surface area (Å²) in [5.41, 5.74) is 4.88. The number of ether oxygens (including phenoxy) is 1. The van der Waals surface area contributed by atoms with Crippen LogP contribution in [0, 0.1) is 5.92 Å². The Labute approximate surface area is 79.8 Å². The molecular weight excluding hydrogens is 168 g/mol. The molecule has 0 aromatic heterocycles. The molecule has 0 aromatic carbocycles. The predicted octanol–water partition coefficient (Wildman–Crippen LogP) is 0.121. The van der Waals surface area contributed by atoms with Crippen LogP contribution < -0.4 is 11.1 Å². The van der Waals surface area contributed by atoms with Gasteiger partial charge in [-0.2, -0.15) is 0 Å². The van der Waals surface area contributed by atoms with Crippen LogP contribution in [0.2, 0.25) is 0 Å². The average molecular weight is 188 g/mol. The summed E-state index contributed by atoms with van der Waals surface area (Å²) in [5.74, 6) is -0.319. The fourth-order valence-electron chi connectivity index (χ4n) is 1.23. The lowest BCUT2D eigenvalue weighted by molar-refractivity contribution is -0.124. The Morgan fingerprint density at radius 3 is 2.23 bits per heavy atom. The summed E-state index contributed by atoms with van der Waals surface area (Å²) in [6.07, 6.45) is 0. The molecule has 78 valence electrons. The molecule has 0 unspecified atom stereocenters. The minimum absolute atomic E-state index is 0.0278. The van der Waals surface area contributed by atoms with Gasteiger partial charge in [0.25, 0.3) is 0 Å². The number of nitrogens with two attached hydrogens (primary N) is 1. The average Bonchev–Trinajstić information content (AvgIpc) is 2.05. The molecule has 4 heteroatoms. The Kier molecular flexibility index (Phi) is 4.36. The number of nitrogens with one attached hydrogen (secondary N) is 1. The van der Waals surface area contributed by atoms with E-state index < -0.39 is 0 Å². The third-order valence-electron chi connectivity index (χ3n) is 2.74. The largest absolute Gasteiger partial charge is 0.378 e. The highest BCUT2D eigenvalue weighted by atomic mass is 16.5. The molecule has 2 atom stereocenters. The van der Waals surface area contributed by atoms with E-state index in [-0.39, 0.29) is 23.5 Å². The fraction of sp³-hybridized carbons (Fsp3) is 0.889. The van der Waals surface area contributed by atoms with E-state index in [0.29, 0.717) is 0 Å². The lowest BCUT2D eigenvalue weighted by Gasteiger charge is -2.34. The molecule has 0 bridgehead atoms. The number of likely N-dealkylation sites (N-methyl/N-ethyl adjacent to an activating group) is 1. The number of hydrogen-bond acceptors (Lipinski definition) is 3. The molecule has 3 N–H and O–H groups in total. The molecular formula is C9H20N2O2. The highest BCUT2D eigenvalue weighted by Gasteiger charge is 2.34. The molecule has 0 radical (unpaired) electrons. The number of carbonyl (C=O) groups excluding carboxylic acids is 1. The third-order valence-corrected chi connectivity index (χ3v) is 2.74. The van der Waals surface area contributed by atoms with E-state index >= 15 is 0 Å². The fourth-order valence-corrected chi connectivity index (χ4v) is 1.23. The van der Waals surface area contributed by atoms with Crippen molar-refractivity contribution in [3.8, 4) is 0 Å². The zero-order valence-electron chi connectivity index (χ0n) is 9.05. The van der Waals surface area contributed by atoms with Crippen molar-refractivity contribution in [3.63, 3.8) is 0 Å². The van der Waals surface area contributed by atoms with Gasteiger partial charge in [0, 0.05) is 13.0 Å². The molecule has 0 aliphatic heterocycles. The Morgan fingerprint density at radius 1 is 1.54 bits per heavy atom. The molecule has 0 spiro atoms. The molecule has 13 heavy (non-hydrogen) atoms. The first-order chi connectivity index (χ1) is 5.86. The van der Waals surface area contributed by atoms with Crippen LogP contribution in [0.5, 0.6) is 0 Å². The molecule has 0 aromatic rings. The van der Waals surface area contributed by atoms with E-state index in [9.17, 15) is 4.79 Å². The lowest BCUT2D eigenvalue weighted by atomic mass is 9.85. The van der Waals surface area contributed by atoms with Crippen molar-refractivity contribution in [2.45, 2.75) is 32.4 Å². The normalized spacial score (nSPS) is 16.7. The first-order valence-electron chi connectivity index (χ1n) is 4.38. The Morgan fingerprint density at radius 2 is 2.00 bits per heavy atom. The van der Waals surface area contributed by atoms with Crippen molar-refractivity contribution in [2.75, 3.05) is 14.2 Å². The van der Waals surface area contributed by atoms with Gasteiger partial charge in [-0.1, -0.05) is 6.92 Å². The summed E-state index contributed by atoms with van der Waals surface area (Å²) in [4.78, 5) is 11.0. The molecule has 0 aliphatic rings. The van der Waals surface area contributed by atoms with Gasteiger partial charge < -0.3 is 15.8 Å². The number of hydrogen-bond donors (Lipinski definition) is 2. The molecule has 0 fully saturated rings. The quantitative estimate of drug-likeness (QED) is 0.644. The minimum Gasteiger partial charge on any atom is -0.378 e. The molecule has 0 saturated heterocycles. The Bertz CT molecular complexity index is 180. The van der Waals surface area contributed by atoms with E-state index in [1.165, 1.54) is 0 Å². The second kappa shape index (κ2) is 4.58. The van der Waals surface area contributed by atoms with Gasteiger partial charge in [0.2, 0.25) is 5.91 Å². The smallest absolute Gasteiger partial charge is 0.234 e. The number of rotatable bonds is 5. The Hall–Kier alpha value is -0.610. The van der Waals surface area contributed by atoms with E-state index in [1.807, 2.05) is 20.8 Å². The maximum Gasteiger partial charge on any atom is 0.234 e. The highest BCUT2D eigenvalue weighted by Crippen LogP contribution is 2.22. The standard InChI is InChI=1S/C9H20N2O2/c1-6(9(2,3)13-5)7(11-4)8(10)12/h6-7,11H,1-5H3,(H2,10,12)/t6-,7+/m1/s1. The molecule has 0 aliphatic carbocycles. The maximum absolute atomic E-state index is 11.0. The van der Waals surface area contributed by atoms with Crippen molar-refractivity contribution in [1.82, 2.24) is 5.32 Å². The zero-order valence-corrected chi connectivity index (χ0v) is 9.05. The monoisotopic (exact) mass is 188 g/mol. The van der Waals surface area contributed by atoms with Crippen molar-refractivity contribution < 1.29 is 9.53 Å². The number of amides is 1. The summed E-state index contributed by atoms with van der Waals surface area (Å²) in [6, 6.07) is -0.352. The third kappa shape index (κ3) is 2.97. The lowest BCUT2D eigenvalue weighted by Crippen LogP contribution is -2.51. The van der Waals surface area contributed by atoms with Crippen LogP contribution in [0.3, 0.4) is 0 Å². The maximum atomic E-state index is 11.0. The second-order valence-electron chi connectivity index (χ2n) is 3.76. The number of carbonyl (C=O) groups is 1. The van der Waals surface area contributed by atoms with Crippen LogP contribution >= 0.6 is 0 Å². The SMILES string of the molecule is CN[C@H](C(N)=O)[C@@H](C)C(C)(C)OC. The number of methoxy groups -OCH3 is 1. The summed E-state index contributed by atoms with van der Waals surface area (Å²) in [5, 5.41) is 2.89.